The van der Waals surface area contributed by atoms with Gasteiger partial charge in [0.15, 0.2) is 5.78 Å². The number of carbonyl (C=O) groups is 2. The van der Waals surface area contributed by atoms with Gasteiger partial charge in [0, 0.05) is 30.8 Å². The fourth-order valence-electron chi connectivity index (χ4n) is 4.91. The van der Waals surface area contributed by atoms with Crippen LogP contribution in [-0.4, -0.2) is 61.3 Å². The summed E-state index contributed by atoms with van der Waals surface area (Å²) in [5, 5.41) is 5.46. The van der Waals surface area contributed by atoms with Crippen LogP contribution >= 0.6 is 0 Å². The largest absolute Gasteiger partial charge is 0.375 e. The maximum Gasteiger partial charge on any atom is 0.319 e. The number of piperidine rings is 1. The molecule has 2 fully saturated rings. The molecule has 2 heterocycles. The zero-order valence-electron chi connectivity index (χ0n) is 20.0. The molecule has 2 aliphatic heterocycles. The number of alkyl halides is 1. The van der Waals surface area contributed by atoms with Crippen LogP contribution in [0.25, 0.3) is 0 Å². The summed E-state index contributed by atoms with van der Waals surface area (Å²) in [5.74, 6) is 0.215. The van der Waals surface area contributed by atoms with Crippen molar-refractivity contribution in [3.8, 4) is 0 Å². The highest BCUT2D eigenvalue weighted by atomic mass is 19.1. The number of anilines is 1. The number of hydrogen-bond acceptors (Lipinski definition) is 4. The Kier molecular flexibility index (Phi) is 8.46. The molecule has 0 saturated carbocycles. The maximum atomic E-state index is 14.8. The number of ether oxygens (including phenoxy) is 1. The van der Waals surface area contributed by atoms with Gasteiger partial charge in [-0.05, 0) is 75.0 Å². The number of likely N-dealkylation sites (tertiary alicyclic amines) is 1. The minimum atomic E-state index is -1.20. The van der Waals surface area contributed by atoms with Crippen molar-refractivity contribution in [2.45, 2.75) is 50.9 Å². The summed E-state index contributed by atoms with van der Waals surface area (Å²) in [5.41, 5.74) is 2.11. The van der Waals surface area contributed by atoms with Gasteiger partial charge in [0.1, 0.15) is 12.0 Å². The highest BCUT2D eigenvalue weighted by Gasteiger charge is 2.37. The predicted molar refractivity (Wildman–Crippen MR) is 131 cm³/mol. The Bertz CT molecular complexity index is 1010. The van der Waals surface area contributed by atoms with Crippen molar-refractivity contribution in [1.29, 1.82) is 0 Å². The van der Waals surface area contributed by atoms with E-state index in [4.69, 9.17) is 4.74 Å². The van der Waals surface area contributed by atoms with Gasteiger partial charge in [0.25, 0.3) is 0 Å². The van der Waals surface area contributed by atoms with Crippen LogP contribution in [0.4, 0.5) is 19.3 Å². The Morgan fingerprint density at radius 2 is 1.83 bits per heavy atom. The molecule has 4 rings (SSSR count). The molecule has 188 valence electrons. The number of urea groups is 1. The number of carbonyl (C=O) groups excluding carboxylic acids is 2. The van der Waals surface area contributed by atoms with Gasteiger partial charge in [0.05, 0.1) is 12.1 Å². The lowest BCUT2D eigenvalue weighted by Crippen LogP contribution is -2.58. The molecular weight excluding hydrogens is 452 g/mol. The van der Waals surface area contributed by atoms with Gasteiger partial charge < -0.3 is 20.3 Å². The van der Waals surface area contributed by atoms with Crippen molar-refractivity contribution in [2.24, 2.45) is 5.92 Å². The first-order valence-electron chi connectivity index (χ1n) is 12.3. The van der Waals surface area contributed by atoms with Gasteiger partial charge in [-0.3, -0.25) is 4.79 Å². The fraction of sp³-hybridized carbons (Fsp3) is 0.481. The topological polar surface area (TPSA) is 70.7 Å². The third-order valence-corrected chi connectivity index (χ3v) is 6.92. The van der Waals surface area contributed by atoms with E-state index < -0.39 is 24.3 Å². The maximum absolute atomic E-state index is 14.8. The molecule has 0 aromatic heterocycles. The molecule has 2 aromatic carbocycles. The summed E-state index contributed by atoms with van der Waals surface area (Å²) in [7, 11) is 0. The van der Waals surface area contributed by atoms with Gasteiger partial charge in [0.2, 0.25) is 0 Å². The summed E-state index contributed by atoms with van der Waals surface area (Å²) in [6.07, 6.45) is 1.54. The molecule has 2 saturated heterocycles. The Labute approximate surface area is 205 Å². The number of nitrogens with one attached hydrogen (secondary N) is 2. The van der Waals surface area contributed by atoms with Crippen LogP contribution in [0.3, 0.4) is 0 Å². The Balaban J connectivity index is 1.29. The van der Waals surface area contributed by atoms with Crippen molar-refractivity contribution >= 4 is 17.5 Å². The van der Waals surface area contributed by atoms with E-state index in [2.05, 4.69) is 15.5 Å². The van der Waals surface area contributed by atoms with Crippen molar-refractivity contribution < 1.29 is 23.1 Å². The second-order valence-electron chi connectivity index (χ2n) is 9.55. The lowest BCUT2D eigenvalue weighted by Gasteiger charge is -2.39. The van der Waals surface area contributed by atoms with Gasteiger partial charge in [-0.2, -0.15) is 0 Å². The average Bonchev–Trinajstić information content (AvgIpc) is 2.84. The number of ketones is 1. The van der Waals surface area contributed by atoms with E-state index in [0.717, 1.165) is 37.9 Å². The normalized spacial score (nSPS) is 23.6. The van der Waals surface area contributed by atoms with E-state index in [1.165, 1.54) is 19.1 Å². The summed E-state index contributed by atoms with van der Waals surface area (Å²) in [4.78, 5) is 26.5. The highest BCUT2D eigenvalue weighted by molar-refractivity contribution is 5.96. The highest BCUT2D eigenvalue weighted by Crippen LogP contribution is 2.25. The molecule has 0 radical (unpaired) electrons. The van der Waals surface area contributed by atoms with Gasteiger partial charge in [-0.1, -0.05) is 24.3 Å². The Morgan fingerprint density at radius 1 is 1.09 bits per heavy atom. The lowest BCUT2D eigenvalue weighted by atomic mass is 9.89. The van der Waals surface area contributed by atoms with Crippen LogP contribution < -0.4 is 10.6 Å². The second kappa shape index (κ2) is 11.7. The van der Waals surface area contributed by atoms with Gasteiger partial charge in [-0.25, -0.2) is 13.6 Å². The van der Waals surface area contributed by atoms with E-state index in [1.807, 2.05) is 12.1 Å². The second-order valence-corrected chi connectivity index (χ2v) is 9.55. The zero-order valence-corrected chi connectivity index (χ0v) is 20.0. The summed E-state index contributed by atoms with van der Waals surface area (Å²) >= 11 is 0. The molecule has 8 heteroatoms. The lowest BCUT2D eigenvalue weighted by molar-refractivity contribution is -0.0590. The van der Waals surface area contributed by atoms with E-state index in [9.17, 15) is 18.4 Å². The first-order valence-corrected chi connectivity index (χ1v) is 12.3. The van der Waals surface area contributed by atoms with Gasteiger partial charge >= 0.3 is 6.03 Å². The molecule has 3 atom stereocenters. The molecule has 0 bridgehead atoms. The Hall–Kier alpha value is -2.84. The average molecular weight is 486 g/mol. The standard InChI is InChI=1S/C27H33F2N3O3/c1-18(33)21-3-2-4-23(16-21)30-27(34)31-26-24(29)11-14-35-25(26)17-32-12-9-20(10-13-32)15-19-5-7-22(28)8-6-19/h2-8,16,20,24-26H,9-15,17H2,1H3,(H2,30,31,34)/t24-,25+,26+/m0/s1. The minimum absolute atomic E-state index is 0.0972. The molecule has 2 aromatic rings. The molecular formula is C27H33F2N3O3. The van der Waals surface area contributed by atoms with Crippen LogP contribution in [-0.2, 0) is 11.2 Å². The molecule has 0 unspecified atom stereocenters. The van der Waals surface area contributed by atoms with Crippen LogP contribution in [0.2, 0.25) is 0 Å². The van der Waals surface area contributed by atoms with E-state index >= 15 is 0 Å². The number of amides is 2. The number of halogens is 2. The quantitative estimate of drug-likeness (QED) is 0.563. The molecule has 0 spiro atoms. The van der Waals surface area contributed by atoms with Crippen molar-refractivity contribution in [3.05, 3.63) is 65.5 Å². The first kappa shape index (κ1) is 25.3. The van der Waals surface area contributed by atoms with E-state index in [1.54, 1.807) is 24.3 Å². The Morgan fingerprint density at radius 3 is 2.54 bits per heavy atom. The number of benzene rings is 2. The third-order valence-electron chi connectivity index (χ3n) is 6.92. The number of Topliss-reactive ketones (excluding diaryl/α,β-unsaturated/α-hetero) is 1. The summed E-state index contributed by atoms with van der Waals surface area (Å²) in [6, 6.07) is 12.1. The SMILES string of the molecule is CC(=O)c1cccc(NC(=O)N[C@@H]2[C@@H](F)CCO[C@@H]2CN2CCC(Cc3ccc(F)cc3)CC2)c1. The number of hydrogen-bond donors (Lipinski definition) is 2. The number of nitrogens with zero attached hydrogens (tertiary/aromatic N) is 1. The monoisotopic (exact) mass is 485 g/mol. The van der Waals surface area contributed by atoms with Crippen molar-refractivity contribution in [3.63, 3.8) is 0 Å². The van der Waals surface area contributed by atoms with E-state index in [-0.39, 0.29) is 18.0 Å². The zero-order chi connectivity index (χ0) is 24.8. The van der Waals surface area contributed by atoms with Gasteiger partial charge in [-0.15, -0.1) is 0 Å². The minimum Gasteiger partial charge on any atom is -0.375 e. The van der Waals surface area contributed by atoms with Crippen LogP contribution in [0.1, 0.15) is 42.1 Å². The predicted octanol–water partition coefficient (Wildman–Crippen LogP) is 4.60. The van der Waals surface area contributed by atoms with Crippen molar-refractivity contribution in [2.75, 3.05) is 31.6 Å². The third kappa shape index (κ3) is 7.08. The molecule has 2 N–H and O–H groups in total. The molecule has 2 amide bonds. The summed E-state index contributed by atoms with van der Waals surface area (Å²) < 4.78 is 33.9. The van der Waals surface area contributed by atoms with Crippen LogP contribution in [0.15, 0.2) is 48.5 Å². The van der Waals surface area contributed by atoms with Crippen LogP contribution in [0, 0.1) is 11.7 Å². The first-order chi connectivity index (χ1) is 16.9. The molecule has 2 aliphatic rings. The van der Waals surface area contributed by atoms with Crippen molar-refractivity contribution in [1.82, 2.24) is 10.2 Å². The summed E-state index contributed by atoms with van der Waals surface area (Å²) in [6.45, 7) is 4.09. The molecule has 35 heavy (non-hydrogen) atoms. The van der Waals surface area contributed by atoms with Crippen LogP contribution in [0.5, 0.6) is 0 Å². The molecule has 0 aliphatic carbocycles. The number of rotatable bonds is 7. The smallest absolute Gasteiger partial charge is 0.319 e. The molecule has 6 nitrogen and oxygen atoms in total. The van der Waals surface area contributed by atoms with E-state index in [0.29, 0.717) is 30.3 Å². The fourth-order valence-corrected chi connectivity index (χ4v) is 4.91.